The molecule has 0 saturated carbocycles. The molecule has 25 heavy (non-hydrogen) atoms. The number of carboxylic acid groups (broad SMARTS) is 1. The van der Waals surface area contributed by atoms with Crippen LogP contribution in [-0.4, -0.2) is 54.2 Å². The van der Waals surface area contributed by atoms with Gasteiger partial charge in [-0.3, -0.25) is 4.79 Å². The zero-order valence-corrected chi connectivity index (χ0v) is 15.1. The van der Waals surface area contributed by atoms with Crippen molar-refractivity contribution in [2.45, 2.75) is 50.2 Å². The van der Waals surface area contributed by atoms with Crippen LogP contribution in [0.3, 0.4) is 0 Å². The third-order valence-electron chi connectivity index (χ3n) is 5.71. The Labute approximate surface area is 151 Å². The summed E-state index contributed by atoms with van der Waals surface area (Å²) in [6.07, 6.45) is 5.45. The summed E-state index contributed by atoms with van der Waals surface area (Å²) in [7, 11) is 0. The average molecular weight is 364 g/mol. The summed E-state index contributed by atoms with van der Waals surface area (Å²) in [6, 6.07) is 1.76. The maximum absolute atomic E-state index is 12.7. The lowest BCUT2D eigenvalue weighted by molar-refractivity contribution is -0.143. The minimum absolute atomic E-state index is 0.0367. The number of amides is 1. The van der Waals surface area contributed by atoms with Gasteiger partial charge in [-0.1, -0.05) is 6.42 Å². The van der Waals surface area contributed by atoms with Crippen molar-refractivity contribution in [1.29, 1.82) is 0 Å². The summed E-state index contributed by atoms with van der Waals surface area (Å²) >= 11 is 1.37. The Kier molecular flexibility index (Phi) is 4.56. The highest BCUT2D eigenvalue weighted by atomic mass is 32.1. The highest BCUT2D eigenvalue weighted by Crippen LogP contribution is 2.44. The SMILES string of the molecule is O=C(O)c1cc2c(s1)CCOC21CCN(C(=O)[C@@H]2CCCCN2)CC1. The molecule has 0 radical (unpaired) electrons. The van der Waals surface area contributed by atoms with E-state index in [1.54, 1.807) is 6.07 Å². The van der Waals surface area contributed by atoms with E-state index in [0.717, 1.165) is 55.5 Å². The van der Waals surface area contributed by atoms with Crippen LogP contribution in [0.5, 0.6) is 0 Å². The third kappa shape index (κ3) is 3.09. The van der Waals surface area contributed by atoms with Crippen molar-refractivity contribution in [3.63, 3.8) is 0 Å². The topological polar surface area (TPSA) is 78.9 Å². The molecule has 4 heterocycles. The lowest BCUT2D eigenvalue weighted by atomic mass is 9.82. The number of hydrogen-bond donors (Lipinski definition) is 2. The number of nitrogens with zero attached hydrogens (tertiary/aromatic N) is 1. The van der Waals surface area contributed by atoms with E-state index in [4.69, 9.17) is 4.74 Å². The molecule has 4 rings (SSSR count). The molecule has 2 N–H and O–H groups in total. The van der Waals surface area contributed by atoms with E-state index in [9.17, 15) is 14.7 Å². The fourth-order valence-corrected chi connectivity index (χ4v) is 5.38. The van der Waals surface area contributed by atoms with Gasteiger partial charge in [-0.25, -0.2) is 4.79 Å². The second kappa shape index (κ2) is 6.70. The van der Waals surface area contributed by atoms with E-state index in [0.29, 0.717) is 24.6 Å². The second-order valence-corrected chi connectivity index (χ2v) is 8.31. The summed E-state index contributed by atoms with van der Waals surface area (Å²) < 4.78 is 6.16. The highest BCUT2D eigenvalue weighted by molar-refractivity contribution is 7.14. The molecular formula is C18H24N2O4S. The molecule has 136 valence electrons. The average Bonchev–Trinajstić information content (AvgIpc) is 3.09. The number of thiophene rings is 1. The summed E-state index contributed by atoms with van der Waals surface area (Å²) in [5, 5.41) is 12.6. The molecule has 1 aromatic rings. The Balaban J connectivity index is 1.48. The molecule has 1 aromatic heterocycles. The molecule has 0 aliphatic carbocycles. The minimum Gasteiger partial charge on any atom is -0.477 e. The van der Waals surface area contributed by atoms with Crippen molar-refractivity contribution in [3.8, 4) is 0 Å². The van der Waals surface area contributed by atoms with Gasteiger partial charge in [0, 0.05) is 24.4 Å². The van der Waals surface area contributed by atoms with E-state index in [-0.39, 0.29) is 11.9 Å². The number of ether oxygens (including phenoxy) is 1. The smallest absolute Gasteiger partial charge is 0.345 e. The fourth-order valence-electron chi connectivity index (χ4n) is 4.31. The van der Waals surface area contributed by atoms with Crippen molar-refractivity contribution < 1.29 is 19.4 Å². The Morgan fingerprint density at radius 1 is 1.32 bits per heavy atom. The predicted octanol–water partition coefficient (Wildman–Crippen LogP) is 1.98. The lowest BCUT2D eigenvalue weighted by Crippen LogP contribution is -2.53. The maximum Gasteiger partial charge on any atom is 0.345 e. The van der Waals surface area contributed by atoms with Crippen LogP contribution in [0, 0.1) is 0 Å². The first kappa shape index (κ1) is 17.0. The molecule has 3 aliphatic rings. The summed E-state index contributed by atoms with van der Waals surface area (Å²) in [5.74, 6) is -0.660. The number of carbonyl (C=O) groups is 2. The molecule has 0 bridgehead atoms. The van der Waals surface area contributed by atoms with Crippen LogP contribution in [0.15, 0.2) is 6.07 Å². The molecule has 7 heteroatoms. The molecule has 0 aromatic carbocycles. The van der Waals surface area contributed by atoms with Gasteiger partial charge in [0.2, 0.25) is 5.91 Å². The number of hydrogen-bond acceptors (Lipinski definition) is 5. The van der Waals surface area contributed by atoms with Crippen LogP contribution < -0.4 is 5.32 Å². The van der Waals surface area contributed by atoms with Gasteiger partial charge in [0.15, 0.2) is 0 Å². The van der Waals surface area contributed by atoms with Gasteiger partial charge < -0.3 is 20.1 Å². The molecule has 2 saturated heterocycles. The van der Waals surface area contributed by atoms with Crippen LogP contribution in [0.1, 0.15) is 52.2 Å². The first-order valence-electron chi connectivity index (χ1n) is 9.12. The number of likely N-dealkylation sites (tertiary alicyclic amines) is 1. The van der Waals surface area contributed by atoms with Gasteiger partial charge >= 0.3 is 5.97 Å². The number of aromatic carboxylic acids is 1. The molecular weight excluding hydrogens is 340 g/mol. The molecule has 0 unspecified atom stereocenters. The van der Waals surface area contributed by atoms with E-state index >= 15 is 0 Å². The van der Waals surface area contributed by atoms with Gasteiger partial charge in [0.25, 0.3) is 0 Å². The Bertz CT molecular complexity index is 673. The molecule has 2 fully saturated rings. The van der Waals surface area contributed by atoms with E-state index in [1.807, 2.05) is 4.90 Å². The number of carbonyl (C=O) groups excluding carboxylic acids is 1. The number of fused-ring (bicyclic) bond motifs is 2. The van der Waals surface area contributed by atoms with E-state index in [1.165, 1.54) is 11.3 Å². The molecule has 6 nitrogen and oxygen atoms in total. The number of carboxylic acids is 1. The van der Waals surface area contributed by atoms with Gasteiger partial charge in [-0.05, 0) is 43.9 Å². The fraction of sp³-hybridized carbons (Fsp3) is 0.667. The summed E-state index contributed by atoms with van der Waals surface area (Å²) in [5.41, 5.74) is 0.637. The Morgan fingerprint density at radius 2 is 2.12 bits per heavy atom. The van der Waals surface area contributed by atoms with Crippen LogP contribution in [0.2, 0.25) is 0 Å². The van der Waals surface area contributed by atoms with Gasteiger partial charge in [0.1, 0.15) is 4.88 Å². The van der Waals surface area contributed by atoms with Gasteiger partial charge in [-0.2, -0.15) is 0 Å². The van der Waals surface area contributed by atoms with Crippen LogP contribution in [-0.2, 0) is 21.6 Å². The maximum atomic E-state index is 12.7. The third-order valence-corrected chi connectivity index (χ3v) is 6.89. The normalized spacial score (nSPS) is 25.6. The van der Waals surface area contributed by atoms with Gasteiger partial charge in [0.05, 0.1) is 18.2 Å². The molecule has 1 spiro atoms. The first-order chi connectivity index (χ1) is 12.1. The second-order valence-electron chi connectivity index (χ2n) is 7.17. The van der Waals surface area contributed by atoms with E-state index < -0.39 is 11.6 Å². The van der Waals surface area contributed by atoms with Crippen molar-refractivity contribution in [2.75, 3.05) is 26.2 Å². The summed E-state index contributed by atoms with van der Waals surface area (Å²) in [4.78, 5) is 27.5. The standard InChI is InChI=1S/C18H24N2O4S/c21-16(13-3-1-2-7-19-13)20-8-5-18(6-9-20)12-11-15(17(22)23)25-14(12)4-10-24-18/h11,13,19H,1-10H2,(H,22,23)/t13-/m0/s1. The molecule has 3 aliphatic heterocycles. The monoisotopic (exact) mass is 364 g/mol. The van der Waals surface area contributed by atoms with Crippen LogP contribution >= 0.6 is 11.3 Å². The zero-order chi connectivity index (χ0) is 17.4. The van der Waals surface area contributed by atoms with Gasteiger partial charge in [-0.15, -0.1) is 11.3 Å². The van der Waals surface area contributed by atoms with Crippen molar-refractivity contribution >= 4 is 23.2 Å². The quantitative estimate of drug-likeness (QED) is 0.839. The van der Waals surface area contributed by atoms with Crippen LogP contribution in [0.25, 0.3) is 0 Å². The number of rotatable bonds is 2. The van der Waals surface area contributed by atoms with Crippen LogP contribution in [0.4, 0.5) is 0 Å². The predicted molar refractivity (Wildman–Crippen MR) is 94.1 cm³/mol. The summed E-state index contributed by atoms with van der Waals surface area (Å²) in [6.45, 7) is 2.90. The number of nitrogens with one attached hydrogen (secondary N) is 1. The molecule has 1 amide bonds. The lowest BCUT2D eigenvalue weighted by Gasteiger charge is -2.44. The zero-order valence-electron chi connectivity index (χ0n) is 14.3. The Hall–Kier alpha value is -1.44. The van der Waals surface area contributed by atoms with Crippen molar-refractivity contribution in [2.24, 2.45) is 0 Å². The van der Waals surface area contributed by atoms with Crippen molar-refractivity contribution in [3.05, 3.63) is 21.4 Å². The van der Waals surface area contributed by atoms with Crippen molar-refractivity contribution in [1.82, 2.24) is 10.2 Å². The minimum atomic E-state index is -0.870. The molecule has 1 atom stereocenters. The highest BCUT2D eigenvalue weighted by Gasteiger charge is 2.43. The largest absolute Gasteiger partial charge is 0.477 e. The van der Waals surface area contributed by atoms with E-state index in [2.05, 4.69) is 5.32 Å². The first-order valence-corrected chi connectivity index (χ1v) is 9.93. The Morgan fingerprint density at radius 3 is 2.80 bits per heavy atom. The number of piperidine rings is 2.